The van der Waals surface area contributed by atoms with Crippen LogP contribution in [0, 0.1) is 0 Å². The predicted octanol–water partition coefficient (Wildman–Crippen LogP) is 7.36. The second-order valence-corrected chi connectivity index (χ2v) is 8.94. The van der Waals surface area contributed by atoms with E-state index in [1.165, 1.54) is 37.8 Å². The van der Waals surface area contributed by atoms with Crippen LogP contribution < -0.4 is 0 Å². The number of rotatable bonds is 2. The minimum absolute atomic E-state index is 0.114. The first kappa shape index (κ1) is 16.6. The van der Waals surface area contributed by atoms with Gasteiger partial charge in [0.2, 0.25) is 0 Å². The molecule has 4 aliphatic rings. The molecule has 0 aliphatic heterocycles. The van der Waals surface area contributed by atoms with Crippen molar-refractivity contribution in [1.82, 2.24) is 0 Å². The Labute approximate surface area is 169 Å². The first-order valence-electron chi connectivity index (χ1n) is 9.76. The van der Waals surface area contributed by atoms with Crippen LogP contribution in [0.5, 0.6) is 0 Å². The molecular weight excluding hydrogens is 427 g/mol. The van der Waals surface area contributed by atoms with E-state index in [9.17, 15) is 0 Å². The van der Waals surface area contributed by atoms with Gasteiger partial charge < -0.3 is 0 Å². The average molecular weight is 450 g/mol. The van der Waals surface area contributed by atoms with Crippen LogP contribution in [-0.4, -0.2) is 0 Å². The van der Waals surface area contributed by atoms with Crippen LogP contribution in [0.3, 0.4) is 0 Å². The van der Waals surface area contributed by atoms with Crippen molar-refractivity contribution >= 4 is 28.2 Å². The SMILES string of the molecule is IC1=CC2=C(CC1)c1ccccc1C2(C1=CCCC=C1)C1=CCCC=C1. The van der Waals surface area contributed by atoms with Crippen molar-refractivity contribution in [3.05, 3.63) is 98.2 Å². The average Bonchev–Trinajstić information content (AvgIpc) is 3.00. The van der Waals surface area contributed by atoms with Gasteiger partial charge in [-0.15, -0.1) is 0 Å². The molecule has 0 aromatic heterocycles. The lowest BCUT2D eigenvalue weighted by atomic mass is 9.63. The molecule has 0 atom stereocenters. The summed E-state index contributed by atoms with van der Waals surface area (Å²) >= 11 is 2.54. The third-order valence-electron chi connectivity index (χ3n) is 6.16. The number of hydrogen-bond donors (Lipinski definition) is 0. The van der Waals surface area contributed by atoms with E-state index < -0.39 is 0 Å². The van der Waals surface area contributed by atoms with Gasteiger partial charge in [-0.3, -0.25) is 0 Å². The maximum atomic E-state index is 2.54. The molecule has 4 aliphatic carbocycles. The van der Waals surface area contributed by atoms with Crippen LogP contribution in [0.4, 0.5) is 0 Å². The van der Waals surface area contributed by atoms with Gasteiger partial charge in [-0.1, -0.05) is 60.7 Å². The topological polar surface area (TPSA) is 0 Å². The van der Waals surface area contributed by atoms with Gasteiger partial charge in [-0.05, 0) is 104 Å². The van der Waals surface area contributed by atoms with Gasteiger partial charge in [0.15, 0.2) is 0 Å². The van der Waals surface area contributed by atoms with E-state index in [1.54, 1.807) is 5.57 Å². The van der Waals surface area contributed by atoms with E-state index in [1.807, 2.05) is 0 Å². The lowest BCUT2D eigenvalue weighted by molar-refractivity contribution is 0.727. The maximum Gasteiger partial charge on any atom is 0.0704 e. The Kier molecular flexibility index (Phi) is 4.16. The summed E-state index contributed by atoms with van der Waals surface area (Å²) in [4.78, 5) is 0. The van der Waals surface area contributed by atoms with E-state index in [2.05, 4.69) is 89.4 Å². The summed E-state index contributed by atoms with van der Waals surface area (Å²) in [6, 6.07) is 9.15. The van der Waals surface area contributed by atoms with Crippen molar-refractivity contribution in [2.75, 3.05) is 0 Å². The van der Waals surface area contributed by atoms with Gasteiger partial charge in [0, 0.05) is 0 Å². The number of hydrogen-bond acceptors (Lipinski definition) is 0. The highest BCUT2D eigenvalue weighted by atomic mass is 127. The molecule has 130 valence electrons. The molecule has 1 aromatic carbocycles. The molecule has 0 heterocycles. The fourth-order valence-corrected chi connectivity index (χ4v) is 5.68. The van der Waals surface area contributed by atoms with Crippen LogP contribution in [0.2, 0.25) is 0 Å². The number of fused-ring (bicyclic) bond motifs is 2. The van der Waals surface area contributed by atoms with Gasteiger partial charge >= 0.3 is 0 Å². The van der Waals surface area contributed by atoms with Crippen LogP contribution in [-0.2, 0) is 5.41 Å². The van der Waals surface area contributed by atoms with E-state index in [0.717, 1.165) is 32.1 Å². The van der Waals surface area contributed by atoms with Crippen LogP contribution >= 0.6 is 22.6 Å². The highest BCUT2D eigenvalue weighted by Crippen LogP contribution is 2.59. The summed E-state index contributed by atoms with van der Waals surface area (Å²) in [6.45, 7) is 0. The monoisotopic (exact) mass is 450 g/mol. The molecule has 0 unspecified atom stereocenters. The van der Waals surface area contributed by atoms with Gasteiger partial charge in [0.05, 0.1) is 5.41 Å². The second-order valence-electron chi connectivity index (χ2n) is 7.56. The van der Waals surface area contributed by atoms with Crippen LogP contribution in [0.1, 0.15) is 49.7 Å². The molecule has 0 N–H and O–H groups in total. The summed E-state index contributed by atoms with van der Waals surface area (Å²) in [5.74, 6) is 0. The summed E-state index contributed by atoms with van der Waals surface area (Å²) in [7, 11) is 0. The van der Waals surface area contributed by atoms with Gasteiger partial charge in [0.25, 0.3) is 0 Å². The van der Waals surface area contributed by atoms with Crippen LogP contribution in [0.15, 0.2) is 87.1 Å². The van der Waals surface area contributed by atoms with Crippen molar-refractivity contribution in [2.45, 2.75) is 43.9 Å². The zero-order valence-corrected chi connectivity index (χ0v) is 17.1. The third kappa shape index (κ3) is 2.32. The first-order chi connectivity index (χ1) is 12.8. The Bertz CT molecular complexity index is 914. The Balaban J connectivity index is 1.87. The number of allylic oxidation sites excluding steroid dienone is 12. The Morgan fingerprint density at radius 2 is 1.50 bits per heavy atom. The van der Waals surface area contributed by atoms with Crippen LogP contribution in [0.25, 0.3) is 5.57 Å². The largest absolute Gasteiger partial charge is 0.0839 e. The van der Waals surface area contributed by atoms with E-state index in [0.29, 0.717) is 0 Å². The van der Waals surface area contributed by atoms with Crippen molar-refractivity contribution < 1.29 is 0 Å². The number of benzene rings is 1. The maximum absolute atomic E-state index is 2.54. The molecule has 5 rings (SSSR count). The second kappa shape index (κ2) is 6.53. The highest BCUT2D eigenvalue weighted by Gasteiger charge is 2.48. The minimum Gasteiger partial charge on any atom is -0.0839 e. The first-order valence-corrected chi connectivity index (χ1v) is 10.8. The Hall–Kier alpha value is -1.61. The summed E-state index contributed by atoms with van der Waals surface area (Å²) in [6.07, 6.45) is 24.0. The van der Waals surface area contributed by atoms with Crippen molar-refractivity contribution in [2.24, 2.45) is 0 Å². The predicted molar refractivity (Wildman–Crippen MR) is 119 cm³/mol. The smallest absolute Gasteiger partial charge is 0.0704 e. The molecule has 0 nitrogen and oxygen atoms in total. The fourth-order valence-electron chi connectivity index (χ4n) is 5.10. The van der Waals surface area contributed by atoms with Crippen molar-refractivity contribution in [3.63, 3.8) is 0 Å². The van der Waals surface area contributed by atoms with Gasteiger partial charge in [-0.25, -0.2) is 0 Å². The molecule has 0 saturated carbocycles. The fraction of sp³-hybridized carbons (Fsp3) is 0.280. The molecule has 1 heteroatoms. The lowest BCUT2D eigenvalue weighted by Gasteiger charge is -2.38. The minimum atomic E-state index is -0.114. The zero-order chi connectivity index (χ0) is 17.6. The molecule has 0 radical (unpaired) electrons. The number of halogens is 1. The normalized spacial score (nSPS) is 23.2. The summed E-state index contributed by atoms with van der Waals surface area (Å²) < 4.78 is 1.49. The van der Waals surface area contributed by atoms with Crippen molar-refractivity contribution in [1.29, 1.82) is 0 Å². The molecule has 0 fully saturated rings. The van der Waals surface area contributed by atoms with E-state index >= 15 is 0 Å². The highest BCUT2D eigenvalue weighted by molar-refractivity contribution is 14.1. The molecule has 0 saturated heterocycles. The molecule has 0 bridgehead atoms. The third-order valence-corrected chi connectivity index (χ3v) is 7.01. The molecule has 26 heavy (non-hydrogen) atoms. The van der Waals surface area contributed by atoms with E-state index in [-0.39, 0.29) is 5.41 Å². The molecule has 0 amide bonds. The zero-order valence-electron chi connectivity index (χ0n) is 15.0. The van der Waals surface area contributed by atoms with Crippen molar-refractivity contribution in [3.8, 4) is 0 Å². The quantitative estimate of drug-likeness (QED) is 0.413. The molecular formula is C25H23I. The van der Waals surface area contributed by atoms with Gasteiger partial charge in [-0.2, -0.15) is 0 Å². The Morgan fingerprint density at radius 3 is 2.15 bits per heavy atom. The summed E-state index contributed by atoms with van der Waals surface area (Å²) in [5, 5.41) is 0. The molecule has 1 aromatic rings. The van der Waals surface area contributed by atoms with Gasteiger partial charge in [0.1, 0.15) is 0 Å². The van der Waals surface area contributed by atoms with E-state index in [4.69, 9.17) is 0 Å². The Morgan fingerprint density at radius 1 is 0.808 bits per heavy atom. The lowest BCUT2D eigenvalue weighted by Crippen LogP contribution is -2.31. The standard InChI is InChI=1S/C25H23I/c26-20-15-16-22-21-13-7-8-14-23(21)25(24(22)17-20,18-9-3-1-4-10-18)19-11-5-2-6-12-19/h3,5,7-14,17H,1-2,4,6,15-16H2. The summed E-state index contributed by atoms with van der Waals surface area (Å²) in [5.41, 5.74) is 8.90. The molecule has 0 spiro atoms.